The van der Waals surface area contributed by atoms with Crippen LogP contribution in [0.15, 0.2) is 49.6 Å². The van der Waals surface area contributed by atoms with E-state index >= 15 is 0 Å². The molecule has 7 atom stereocenters. The molecule has 1 aromatic carbocycles. The Morgan fingerprint density at radius 2 is 2.02 bits per heavy atom. The summed E-state index contributed by atoms with van der Waals surface area (Å²) in [7, 11) is 0. The standard InChI is InChI=1S/C32H43N5O5S/c1-6-8-9-12-16-42-31(41)26-25-17-21(5)32(43-25)27(26)29(39)37(24(18-38)20(3)4)28(32)30(40)35(15-7-2)19-36-23-14-11-10-13-22(23)33-34-36/h6-7,10-11,13-14,20-21,24-28,38H,1-2,8-9,12,15-19H2,3-5H3/t21?,24-,25+,26-,27-,28?,32?/m0/s1. The van der Waals surface area contributed by atoms with Gasteiger partial charge in [-0.05, 0) is 49.7 Å². The molecule has 232 valence electrons. The van der Waals surface area contributed by atoms with E-state index in [4.69, 9.17) is 4.74 Å². The van der Waals surface area contributed by atoms with Crippen molar-refractivity contribution in [2.45, 2.75) is 75.2 Å². The number of aliphatic hydroxyl groups is 1. The van der Waals surface area contributed by atoms with E-state index in [-0.39, 0.29) is 54.7 Å². The summed E-state index contributed by atoms with van der Waals surface area (Å²) < 4.78 is 6.59. The van der Waals surface area contributed by atoms with Crippen LogP contribution in [0.1, 0.15) is 46.5 Å². The van der Waals surface area contributed by atoms with Gasteiger partial charge in [-0.25, -0.2) is 4.68 Å². The van der Waals surface area contributed by atoms with E-state index < -0.39 is 28.7 Å². The number of allylic oxidation sites excluding steroid dienone is 1. The van der Waals surface area contributed by atoms with Gasteiger partial charge in [0, 0.05) is 11.8 Å². The van der Waals surface area contributed by atoms with Crippen LogP contribution in [0.2, 0.25) is 0 Å². The Kier molecular flexibility index (Phi) is 9.31. The van der Waals surface area contributed by atoms with Gasteiger partial charge in [-0.15, -0.1) is 30.0 Å². The number of likely N-dealkylation sites (tertiary alicyclic amines) is 1. The first-order chi connectivity index (χ1) is 20.7. The van der Waals surface area contributed by atoms with Crippen molar-refractivity contribution in [3.05, 3.63) is 49.6 Å². The van der Waals surface area contributed by atoms with Crippen molar-refractivity contribution in [2.24, 2.45) is 23.7 Å². The van der Waals surface area contributed by atoms with E-state index in [1.165, 1.54) is 0 Å². The number of carbonyl (C=O) groups excluding carboxylic acids is 3. The summed E-state index contributed by atoms with van der Waals surface area (Å²) in [5, 5.41) is 19.0. The van der Waals surface area contributed by atoms with Gasteiger partial charge >= 0.3 is 5.97 Å². The SMILES string of the molecule is C=CCCCCOC(=O)[C@@H]1[C@H]2C(=O)N([C@@H](CO)C(C)C)C(C(=O)N(CC=C)Cn3nnc4ccccc43)C23S[C@@H]1CC3C. The number of fused-ring (bicyclic) bond motifs is 2. The van der Waals surface area contributed by atoms with Crippen LogP contribution >= 0.6 is 11.8 Å². The molecule has 3 aliphatic heterocycles. The Morgan fingerprint density at radius 1 is 1.26 bits per heavy atom. The van der Waals surface area contributed by atoms with Crippen LogP contribution in [0.25, 0.3) is 11.0 Å². The van der Waals surface area contributed by atoms with E-state index in [9.17, 15) is 19.5 Å². The predicted molar refractivity (Wildman–Crippen MR) is 166 cm³/mol. The Labute approximate surface area is 257 Å². The van der Waals surface area contributed by atoms with E-state index in [0.29, 0.717) is 13.0 Å². The number of carbonyl (C=O) groups is 3. The van der Waals surface area contributed by atoms with E-state index in [2.05, 4.69) is 30.4 Å². The lowest BCUT2D eigenvalue weighted by atomic mass is 9.66. The zero-order chi connectivity index (χ0) is 30.9. The maximum atomic E-state index is 14.8. The number of benzene rings is 1. The van der Waals surface area contributed by atoms with Crippen LogP contribution in [0.3, 0.4) is 0 Å². The highest BCUT2D eigenvalue weighted by Gasteiger charge is 2.77. The van der Waals surface area contributed by atoms with Crippen LogP contribution in [0, 0.1) is 23.7 Å². The van der Waals surface area contributed by atoms with Crippen molar-refractivity contribution < 1.29 is 24.2 Å². The highest BCUT2D eigenvalue weighted by Crippen LogP contribution is 2.69. The predicted octanol–water partition coefficient (Wildman–Crippen LogP) is 3.66. The molecule has 2 amide bonds. The highest BCUT2D eigenvalue weighted by molar-refractivity contribution is 8.02. The minimum atomic E-state index is -0.866. The minimum absolute atomic E-state index is 0.00340. The summed E-state index contributed by atoms with van der Waals surface area (Å²) in [6.07, 6.45) is 6.67. The number of aliphatic hydroxyl groups excluding tert-OH is 1. The van der Waals surface area contributed by atoms with Gasteiger partial charge in [0.15, 0.2) is 0 Å². The molecule has 43 heavy (non-hydrogen) atoms. The third-order valence-electron chi connectivity index (χ3n) is 9.44. The molecule has 2 aromatic rings. The number of thioether (sulfide) groups is 1. The van der Waals surface area contributed by atoms with Crippen LogP contribution in [-0.4, -0.2) is 89.5 Å². The second-order valence-electron chi connectivity index (χ2n) is 12.3. The average Bonchev–Trinajstić information content (AvgIpc) is 3.70. The van der Waals surface area contributed by atoms with E-state index in [1.807, 2.05) is 44.2 Å². The van der Waals surface area contributed by atoms with Crippen LogP contribution in [-0.2, 0) is 25.8 Å². The number of amides is 2. The van der Waals surface area contributed by atoms with Crippen molar-refractivity contribution in [3.8, 4) is 0 Å². The first-order valence-electron chi connectivity index (χ1n) is 15.3. The first-order valence-corrected chi connectivity index (χ1v) is 16.1. The normalized spacial score (nSPS) is 28.3. The molecule has 1 spiro atoms. The molecule has 5 rings (SSSR count). The Hall–Kier alpha value is -3.18. The van der Waals surface area contributed by atoms with Crippen LogP contribution in [0.5, 0.6) is 0 Å². The van der Waals surface area contributed by atoms with Gasteiger partial charge in [-0.2, -0.15) is 0 Å². The average molecular weight is 610 g/mol. The molecule has 11 heteroatoms. The molecular formula is C32H43N5O5S. The molecule has 3 unspecified atom stereocenters. The number of rotatable bonds is 14. The number of para-hydroxylation sites is 1. The molecule has 3 saturated heterocycles. The summed E-state index contributed by atoms with van der Waals surface area (Å²) >= 11 is 1.60. The Morgan fingerprint density at radius 3 is 2.72 bits per heavy atom. The molecule has 0 aliphatic carbocycles. The molecule has 1 aromatic heterocycles. The molecule has 3 aliphatic rings. The summed E-state index contributed by atoms with van der Waals surface area (Å²) in [4.78, 5) is 46.2. The summed E-state index contributed by atoms with van der Waals surface area (Å²) in [6, 6.07) is 6.09. The van der Waals surface area contributed by atoms with Gasteiger partial charge in [-0.1, -0.05) is 50.3 Å². The number of aromatic nitrogens is 3. The van der Waals surface area contributed by atoms with Crippen molar-refractivity contribution in [3.63, 3.8) is 0 Å². The lowest BCUT2D eigenvalue weighted by Crippen LogP contribution is -2.60. The van der Waals surface area contributed by atoms with Crippen molar-refractivity contribution >= 4 is 40.6 Å². The molecule has 3 fully saturated rings. The van der Waals surface area contributed by atoms with E-state index in [0.717, 1.165) is 30.3 Å². The van der Waals surface area contributed by atoms with Gasteiger partial charge in [0.2, 0.25) is 11.8 Å². The molecule has 1 N–H and O–H groups in total. The number of hydrogen-bond donors (Lipinski definition) is 1. The Bertz CT molecular complexity index is 1380. The zero-order valence-corrected chi connectivity index (χ0v) is 26.1. The molecular weight excluding hydrogens is 566 g/mol. The maximum Gasteiger partial charge on any atom is 0.310 e. The monoisotopic (exact) mass is 609 g/mol. The van der Waals surface area contributed by atoms with Crippen molar-refractivity contribution in [1.82, 2.24) is 24.8 Å². The largest absolute Gasteiger partial charge is 0.465 e. The molecule has 4 heterocycles. The molecule has 0 saturated carbocycles. The minimum Gasteiger partial charge on any atom is -0.465 e. The summed E-state index contributed by atoms with van der Waals surface area (Å²) in [6.45, 7) is 13.9. The maximum absolute atomic E-state index is 14.8. The number of ether oxygens (including phenoxy) is 1. The zero-order valence-electron chi connectivity index (χ0n) is 25.3. The number of unbranched alkanes of at least 4 members (excludes halogenated alkanes) is 2. The fraction of sp³-hybridized carbons (Fsp3) is 0.594. The summed E-state index contributed by atoms with van der Waals surface area (Å²) in [5.74, 6) is -2.30. The van der Waals surface area contributed by atoms with Gasteiger partial charge in [0.05, 0.1) is 41.4 Å². The molecule has 0 radical (unpaired) electrons. The third kappa shape index (κ3) is 5.28. The third-order valence-corrected chi connectivity index (χ3v) is 11.5. The van der Waals surface area contributed by atoms with Crippen molar-refractivity contribution in [2.75, 3.05) is 19.8 Å². The van der Waals surface area contributed by atoms with Crippen LogP contribution in [0.4, 0.5) is 0 Å². The highest BCUT2D eigenvalue weighted by atomic mass is 32.2. The topological polar surface area (TPSA) is 118 Å². The van der Waals surface area contributed by atoms with Gasteiger partial charge in [-0.3, -0.25) is 14.4 Å². The quantitative estimate of drug-likeness (QED) is 0.196. The smallest absolute Gasteiger partial charge is 0.310 e. The first kappa shape index (κ1) is 31.3. The van der Waals surface area contributed by atoms with Crippen molar-refractivity contribution in [1.29, 1.82) is 0 Å². The van der Waals surface area contributed by atoms with Gasteiger partial charge in [0.25, 0.3) is 0 Å². The second kappa shape index (κ2) is 12.8. The fourth-order valence-corrected chi connectivity index (χ4v) is 9.76. The van der Waals surface area contributed by atoms with Crippen LogP contribution < -0.4 is 0 Å². The lowest BCUT2D eigenvalue weighted by molar-refractivity contribution is -0.155. The number of hydrogen-bond acceptors (Lipinski definition) is 8. The number of esters is 1. The second-order valence-corrected chi connectivity index (χ2v) is 13.9. The number of nitrogens with zero attached hydrogens (tertiary/aromatic N) is 5. The fourth-order valence-electron chi connectivity index (χ4n) is 7.37. The molecule has 10 nitrogen and oxygen atoms in total. The van der Waals surface area contributed by atoms with Gasteiger partial charge in [0.1, 0.15) is 18.2 Å². The van der Waals surface area contributed by atoms with Gasteiger partial charge < -0.3 is 19.6 Å². The summed E-state index contributed by atoms with van der Waals surface area (Å²) in [5.41, 5.74) is 1.50. The lowest BCUT2D eigenvalue weighted by Gasteiger charge is -2.42. The molecule has 2 bridgehead atoms. The Balaban J connectivity index is 1.51. The van der Waals surface area contributed by atoms with E-state index in [1.54, 1.807) is 32.3 Å².